The average Bonchev–Trinajstić information content (AvgIpc) is 2.89. The second-order valence-electron chi connectivity index (χ2n) is 8.53. The molecule has 0 aliphatic rings. The molecular weight excluding hydrogens is 513 g/mol. The summed E-state index contributed by atoms with van der Waals surface area (Å²) >= 11 is 12.3. The topological polar surface area (TPSA) is 84.9 Å². The number of hydrogen-bond donors (Lipinski definition) is 2. The fourth-order valence-corrected chi connectivity index (χ4v) is 4.93. The van der Waals surface area contributed by atoms with Crippen LogP contribution in [0.2, 0.25) is 10.0 Å². The molecule has 0 saturated carbocycles. The SMILES string of the molecule is COc1cccc(OC)c1-c1ccc2cc(C(C)C(NC(=O)c3c(Cl)cccc3Cl)C(=O)O)ccc2c1. The van der Waals surface area contributed by atoms with E-state index in [2.05, 4.69) is 5.32 Å². The number of amides is 1. The van der Waals surface area contributed by atoms with Crippen LogP contribution in [0.4, 0.5) is 0 Å². The third-order valence-electron chi connectivity index (χ3n) is 6.35. The molecule has 2 N–H and O–H groups in total. The van der Waals surface area contributed by atoms with Crippen LogP contribution in [0.5, 0.6) is 11.5 Å². The predicted octanol–water partition coefficient (Wildman–Crippen LogP) is 6.82. The van der Waals surface area contributed by atoms with Gasteiger partial charge in [-0.05, 0) is 52.2 Å². The van der Waals surface area contributed by atoms with Gasteiger partial charge in [-0.25, -0.2) is 4.79 Å². The summed E-state index contributed by atoms with van der Waals surface area (Å²) in [5.74, 6) is -0.958. The zero-order chi connectivity index (χ0) is 26.7. The normalized spacial score (nSPS) is 12.6. The second kappa shape index (κ2) is 11.1. The summed E-state index contributed by atoms with van der Waals surface area (Å²) in [6.45, 7) is 1.75. The summed E-state index contributed by atoms with van der Waals surface area (Å²) < 4.78 is 11.1. The standard InChI is InChI=1S/C29H25Cl2NO5/c1-16(27(29(34)35)32-28(33)26-21(30)6-4-7-22(26)31)17-10-11-19-15-20(13-12-18(19)14-17)25-23(36-2)8-5-9-24(25)37-3/h4-16,27H,1-3H3,(H,32,33)(H,34,35). The van der Waals surface area contributed by atoms with E-state index in [-0.39, 0.29) is 15.6 Å². The molecule has 2 atom stereocenters. The first-order chi connectivity index (χ1) is 17.7. The lowest BCUT2D eigenvalue weighted by molar-refractivity contribution is -0.139. The smallest absolute Gasteiger partial charge is 0.326 e. The zero-order valence-electron chi connectivity index (χ0n) is 20.4. The van der Waals surface area contributed by atoms with Gasteiger partial charge in [0.05, 0.1) is 35.4 Å². The van der Waals surface area contributed by atoms with Gasteiger partial charge in [0, 0.05) is 5.92 Å². The molecule has 4 rings (SSSR count). The molecule has 4 aromatic rings. The third-order valence-corrected chi connectivity index (χ3v) is 6.98. The molecule has 0 aliphatic carbocycles. The Morgan fingerprint density at radius 3 is 2.00 bits per heavy atom. The van der Waals surface area contributed by atoms with Crippen molar-refractivity contribution in [1.29, 1.82) is 0 Å². The van der Waals surface area contributed by atoms with E-state index in [9.17, 15) is 14.7 Å². The summed E-state index contributed by atoms with van der Waals surface area (Å²) in [4.78, 5) is 25.0. The summed E-state index contributed by atoms with van der Waals surface area (Å²) in [5, 5.41) is 14.7. The molecule has 4 aromatic carbocycles. The van der Waals surface area contributed by atoms with E-state index in [1.807, 2.05) is 54.6 Å². The number of fused-ring (bicyclic) bond motifs is 1. The van der Waals surface area contributed by atoms with E-state index in [0.29, 0.717) is 11.5 Å². The van der Waals surface area contributed by atoms with E-state index < -0.39 is 23.8 Å². The van der Waals surface area contributed by atoms with Crippen molar-refractivity contribution in [1.82, 2.24) is 5.32 Å². The van der Waals surface area contributed by atoms with Crippen LogP contribution in [0.1, 0.15) is 28.8 Å². The van der Waals surface area contributed by atoms with Crippen LogP contribution in [0.15, 0.2) is 72.8 Å². The Morgan fingerprint density at radius 1 is 0.838 bits per heavy atom. The molecule has 0 fully saturated rings. The number of nitrogens with one attached hydrogen (secondary N) is 1. The van der Waals surface area contributed by atoms with Gasteiger partial charge in [0.15, 0.2) is 0 Å². The van der Waals surface area contributed by atoms with E-state index in [1.54, 1.807) is 27.2 Å². The highest BCUT2D eigenvalue weighted by Gasteiger charge is 2.29. The van der Waals surface area contributed by atoms with Gasteiger partial charge in [0.2, 0.25) is 0 Å². The van der Waals surface area contributed by atoms with Crippen molar-refractivity contribution in [2.75, 3.05) is 14.2 Å². The Kier molecular flexibility index (Phi) is 7.91. The lowest BCUT2D eigenvalue weighted by atomic mass is 9.90. The van der Waals surface area contributed by atoms with E-state index in [0.717, 1.165) is 27.5 Å². The Bertz CT molecular complexity index is 1440. The molecule has 0 saturated heterocycles. The number of carbonyl (C=O) groups excluding carboxylic acids is 1. The van der Waals surface area contributed by atoms with Crippen molar-refractivity contribution < 1.29 is 24.2 Å². The van der Waals surface area contributed by atoms with Gasteiger partial charge in [0.25, 0.3) is 5.91 Å². The first-order valence-corrected chi connectivity index (χ1v) is 12.2. The molecule has 0 spiro atoms. The number of ether oxygens (including phenoxy) is 2. The highest BCUT2D eigenvalue weighted by Crippen LogP contribution is 2.39. The summed E-state index contributed by atoms with van der Waals surface area (Å²) in [6.07, 6.45) is 0. The Labute approximate surface area is 224 Å². The predicted molar refractivity (Wildman–Crippen MR) is 146 cm³/mol. The molecular formula is C29H25Cl2NO5. The van der Waals surface area contributed by atoms with Crippen LogP contribution in [0, 0.1) is 0 Å². The Balaban J connectivity index is 1.65. The van der Waals surface area contributed by atoms with Crippen LogP contribution in [0.3, 0.4) is 0 Å². The molecule has 190 valence electrons. The van der Waals surface area contributed by atoms with E-state index >= 15 is 0 Å². The number of rotatable bonds is 8. The minimum atomic E-state index is -1.20. The quantitative estimate of drug-likeness (QED) is 0.257. The van der Waals surface area contributed by atoms with E-state index in [4.69, 9.17) is 32.7 Å². The number of carboxylic acid groups (broad SMARTS) is 1. The van der Waals surface area contributed by atoms with Crippen molar-refractivity contribution in [3.8, 4) is 22.6 Å². The van der Waals surface area contributed by atoms with Crippen LogP contribution < -0.4 is 14.8 Å². The van der Waals surface area contributed by atoms with Crippen molar-refractivity contribution in [2.45, 2.75) is 18.9 Å². The third kappa shape index (κ3) is 5.36. The highest BCUT2D eigenvalue weighted by molar-refractivity contribution is 6.39. The molecule has 0 bridgehead atoms. The fraction of sp³-hybridized carbons (Fsp3) is 0.172. The number of carbonyl (C=O) groups is 2. The number of carboxylic acids is 1. The molecule has 0 aliphatic heterocycles. The molecule has 2 unspecified atom stereocenters. The van der Waals surface area contributed by atoms with Crippen LogP contribution >= 0.6 is 23.2 Å². The van der Waals surface area contributed by atoms with Crippen LogP contribution in [-0.4, -0.2) is 37.2 Å². The molecule has 0 heterocycles. The Hall–Kier alpha value is -3.74. The van der Waals surface area contributed by atoms with Gasteiger partial charge in [0.1, 0.15) is 17.5 Å². The van der Waals surface area contributed by atoms with E-state index in [1.165, 1.54) is 12.1 Å². The van der Waals surface area contributed by atoms with Gasteiger partial charge in [-0.2, -0.15) is 0 Å². The maximum atomic E-state index is 12.9. The maximum Gasteiger partial charge on any atom is 0.326 e. The molecule has 37 heavy (non-hydrogen) atoms. The van der Waals surface area contributed by atoms with Crippen molar-refractivity contribution in [3.63, 3.8) is 0 Å². The number of aliphatic carboxylic acids is 1. The fourth-order valence-electron chi connectivity index (χ4n) is 4.36. The minimum absolute atomic E-state index is 0.0436. The largest absolute Gasteiger partial charge is 0.496 e. The average molecular weight is 538 g/mol. The maximum absolute atomic E-state index is 12.9. The molecule has 0 radical (unpaired) electrons. The lowest BCUT2D eigenvalue weighted by Gasteiger charge is -2.23. The first-order valence-electron chi connectivity index (χ1n) is 11.5. The number of benzene rings is 4. The summed E-state index contributed by atoms with van der Waals surface area (Å²) in [5.41, 5.74) is 2.57. The van der Waals surface area contributed by atoms with Crippen molar-refractivity contribution in [2.24, 2.45) is 0 Å². The molecule has 1 amide bonds. The van der Waals surface area contributed by atoms with Crippen molar-refractivity contribution in [3.05, 3.63) is 94.0 Å². The molecule has 6 nitrogen and oxygen atoms in total. The number of hydrogen-bond acceptors (Lipinski definition) is 4. The number of halogens is 2. The zero-order valence-corrected chi connectivity index (χ0v) is 21.9. The highest BCUT2D eigenvalue weighted by atomic mass is 35.5. The summed E-state index contributed by atoms with van der Waals surface area (Å²) in [6, 6.07) is 20.8. The second-order valence-corrected chi connectivity index (χ2v) is 9.35. The first kappa shape index (κ1) is 26.3. The van der Waals surface area contributed by atoms with Crippen LogP contribution in [0.25, 0.3) is 21.9 Å². The van der Waals surface area contributed by atoms with Gasteiger partial charge in [-0.15, -0.1) is 0 Å². The van der Waals surface area contributed by atoms with Gasteiger partial charge in [-0.3, -0.25) is 4.79 Å². The monoisotopic (exact) mass is 537 g/mol. The van der Waals surface area contributed by atoms with Crippen molar-refractivity contribution >= 4 is 45.9 Å². The summed E-state index contributed by atoms with van der Waals surface area (Å²) in [7, 11) is 3.23. The lowest BCUT2D eigenvalue weighted by Crippen LogP contribution is -2.44. The van der Waals surface area contributed by atoms with Gasteiger partial charge in [-0.1, -0.05) is 72.6 Å². The van der Waals surface area contributed by atoms with Gasteiger partial charge < -0.3 is 19.9 Å². The number of methoxy groups -OCH3 is 2. The van der Waals surface area contributed by atoms with Crippen LogP contribution in [-0.2, 0) is 4.79 Å². The minimum Gasteiger partial charge on any atom is -0.496 e. The molecule has 0 aromatic heterocycles. The molecule has 8 heteroatoms. The Morgan fingerprint density at radius 2 is 1.41 bits per heavy atom. The van der Waals surface area contributed by atoms with Gasteiger partial charge >= 0.3 is 5.97 Å².